The number of rotatable bonds is 6. The van der Waals surface area contributed by atoms with Crippen LogP contribution in [0.15, 0.2) is 54.7 Å². The van der Waals surface area contributed by atoms with Crippen LogP contribution in [0.4, 0.5) is 8.78 Å². The molecule has 2 unspecified atom stereocenters. The Morgan fingerprint density at radius 2 is 1.93 bits per heavy atom. The van der Waals surface area contributed by atoms with Crippen LogP contribution in [0.25, 0.3) is 33.3 Å². The number of phenols is 1. The molecule has 302 valence electrons. The Balaban J connectivity index is 1.27. The van der Waals surface area contributed by atoms with Gasteiger partial charge >= 0.3 is 5.97 Å². The molecule has 0 spiro atoms. The number of amides is 2. The van der Waals surface area contributed by atoms with Crippen molar-refractivity contribution in [2.24, 2.45) is 16.7 Å². The number of fused-ring (bicyclic) bond motifs is 7. The number of cyclic esters (lactones) is 1. The van der Waals surface area contributed by atoms with E-state index in [9.17, 15) is 19.5 Å². The molecule has 0 radical (unpaired) electrons. The number of esters is 1. The van der Waals surface area contributed by atoms with Gasteiger partial charge in [-0.25, -0.2) is 14.2 Å². The first-order chi connectivity index (χ1) is 27.2. The fraction of sp³-hybridized carbons (Fsp3) is 0.500. The van der Waals surface area contributed by atoms with E-state index >= 15 is 8.78 Å². The Labute approximate surface area is 331 Å². The first-order valence-electron chi connectivity index (χ1n) is 20.1. The van der Waals surface area contributed by atoms with Gasteiger partial charge in [0.25, 0.3) is 11.8 Å². The molecule has 4 heterocycles. The standard InChI is InChI=1S/C44H51F2N5O6/c1-6-50-35-14-13-27-22-31(35)32(38(50)30-10-8-16-47-37(30)25(2)56-5)23-42(3,4)24-57-40(54)33-11-9-17-51(49-33)39(53)34(20-26-18-28(27)21-29(52)19-26)48-41(55)43-15-7-12-36(43)44(43,45)46/h8,10,13-14,16,18-19,21-22,25,33-34,36,49,52H,6-7,9,11-12,15,17,20,23-24H2,1-5H3,(H,48,55)/t25-,33-,34-,36?,43?/m0/s1. The highest BCUT2D eigenvalue weighted by Gasteiger charge is 2.85. The summed E-state index contributed by atoms with van der Waals surface area (Å²) in [6.07, 6.45) is 3.67. The van der Waals surface area contributed by atoms with E-state index in [-0.39, 0.29) is 44.3 Å². The molecular weight excluding hydrogens is 733 g/mol. The molecule has 57 heavy (non-hydrogen) atoms. The molecule has 13 heteroatoms. The number of ether oxygens (including phenoxy) is 2. The van der Waals surface area contributed by atoms with Gasteiger partial charge in [-0.3, -0.25) is 24.4 Å². The van der Waals surface area contributed by atoms with Crippen LogP contribution < -0.4 is 10.7 Å². The molecule has 2 aliphatic heterocycles. The lowest BCUT2D eigenvalue weighted by Gasteiger charge is -2.36. The maximum atomic E-state index is 15.0. The summed E-state index contributed by atoms with van der Waals surface area (Å²) in [7, 11) is 1.66. The van der Waals surface area contributed by atoms with Gasteiger partial charge < -0.3 is 24.5 Å². The fourth-order valence-electron chi connectivity index (χ4n) is 9.66. The minimum absolute atomic E-state index is 0.0432. The number of aryl methyl sites for hydroxylation is 1. The molecule has 2 aromatic carbocycles. The summed E-state index contributed by atoms with van der Waals surface area (Å²) in [5.41, 5.74) is 7.46. The summed E-state index contributed by atoms with van der Waals surface area (Å²) >= 11 is 0. The molecule has 8 rings (SSSR count). The second kappa shape index (κ2) is 14.5. The molecule has 2 aromatic heterocycles. The van der Waals surface area contributed by atoms with Gasteiger partial charge in [-0.05, 0) is 105 Å². The third-order valence-corrected chi connectivity index (χ3v) is 12.7. The number of nitrogens with zero attached hydrogens (tertiary/aromatic N) is 3. The van der Waals surface area contributed by atoms with E-state index in [1.165, 1.54) is 11.1 Å². The SMILES string of the molecule is CCn1c(-c2cccnc2[C@H](C)OC)c2c3cc(ccc31)-c1cc(O)cc(c1)C[C@H](NC(=O)C13CCCC1C3(F)F)C(=O)N1CCC[C@H](N1)C(=O)OCC(C)(C)C2. The molecule has 2 saturated carbocycles. The molecule has 2 amide bonds. The number of hydrogen-bond acceptors (Lipinski definition) is 8. The largest absolute Gasteiger partial charge is 0.508 e. The first kappa shape index (κ1) is 39.0. The second-order valence-electron chi connectivity index (χ2n) is 17.0. The monoisotopic (exact) mass is 783 g/mol. The Kier molecular flexibility index (Phi) is 9.91. The smallest absolute Gasteiger partial charge is 0.324 e. The number of carbonyl (C=O) groups excluding carboxylic acids is 3. The summed E-state index contributed by atoms with van der Waals surface area (Å²) in [5, 5.41) is 16.1. The highest BCUT2D eigenvalue weighted by Crippen LogP contribution is 2.74. The van der Waals surface area contributed by atoms with Crippen LogP contribution >= 0.6 is 0 Å². The zero-order valence-electron chi connectivity index (χ0n) is 33.2. The number of hydrogen-bond donors (Lipinski definition) is 3. The summed E-state index contributed by atoms with van der Waals surface area (Å²) in [6.45, 7) is 9.17. The quantitative estimate of drug-likeness (QED) is 0.180. The molecule has 1 saturated heterocycles. The highest BCUT2D eigenvalue weighted by molar-refractivity contribution is 5.96. The average Bonchev–Trinajstić information content (AvgIpc) is 3.52. The van der Waals surface area contributed by atoms with E-state index in [4.69, 9.17) is 14.5 Å². The average molecular weight is 784 g/mol. The lowest BCUT2D eigenvalue weighted by atomic mass is 9.84. The van der Waals surface area contributed by atoms with Crippen LogP contribution in [-0.2, 0) is 43.2 Å². The number of carbonyl (C=O) groups is 3. The molecule has 6 bridgehead atoms. The molecule has 3 fully saturated rings. The van der Waals surface area contributed by atoms with Crippen molar-refractivity contribution in [1.29, 1.82) is 0 Å². The Hall–Kier alpha value is -4.88. The number of pyridine rings is 1. The predicted molar refractivity (Wildman–Crippen MR) is 210 cm³/mol. The minimum Gasteiger partial charge on any atom is -0.508 e. The third kappa shape index (κ3) is 6.66. The predicted octanol–water partition coefficient (Wildman–Crippen LogP) is 6.89. The van der Waals surface area contributed by atoms with E-state index < -0.39 is 52.5 Å². The third-order valence-electron chi connectivity index (χ3n) is 12.7. The normalized spacial score (nSPS) is 26.0. The van der Waals surface area contributed by atoms with Crippen LogP contribution in [0.5, 0.6) is 5.75 Å². The number of halogens is 2. The second-order valence-corrected chi connectivity index (χ2v) is 17.0. The molecule has 4 aromatic rings. The van der Waals surface area contributed by atoms with Crippen molar-refractivity contribution in [1.82, 2.24) is 25.3 Å². The van der Waals surface area contributed by atoms with E-state index in [2.05, 4.69) is 54.3 Å². The number of benzene rings is 2. The maximum absolute atomic E-state index is 15.0. The van der Waals surface area contributed by atoms with Crippen LogP contribution in [0.1, 0.15) is 82.7 Å². The number of methoxy groups -OCH3 is 1. The number of aromatic nitrogens is 2. The van der Waals surface area contributed by atoms with Crippen LogP contribution in [-0.4, -0.2) is 75.7 Å². The zero-order chi connectivity index (χ0) is 40.4. The van der Waals surface area contributed by atoms with Crippen molar-refractivity contribution < 1.29 is 37.7 Å². The van der Waals surface area contributed by atoms with E-state index in [0.29, 0.717) is 43.4 Å². The fourth-order valence-corrected chi connectivity index (χ4v) is 9.66. The minimum atomic E-state index is -3.13. The first-order valence-corrected chi connectivity index (χ1v) is 20.1. The van der Waals surface area contributed by atoms with Crippen LogP contribution in [0, 0.1) is 16.7 Å². The number of hydrazine groups is 1. The number of aromatic hydroxyl groups is 1. The van der Waals surface area contributed by atoms with Crippen molar-refractivity contribution in [3.63, 3.8) is 0 Å². The molecule has 3 N–H and O–H groups in total. The number of nitrogens with one attached hydrogen (secondary N) is 2. The molecule has 5 atom stereocenters. The molecule has 4 aliphatic rings. The summed E-state index contributed by atoms with van der Waals surface area (Å²) < 4.78 is 44.1. The summed E-state index contributed by atoms with van der Waals surface area (Å²) in [4.78, 5) is 46.5. The number of phenolic OH excluding ortho intramolecular Hbond substituents is 1. The zero-order valence-corrected chi connectivity index (χ0v) is 33.2. The van der Waals surface area contributed by atoms with Gasteiger partial charge in [0.2, 0.25) is 5.91 Å². The van der Waals surface area contributed by atoms with Crippen LogP contribution in [0.2, 0.25) is 0 Å². The van der Waals surface area contributed by atoms with Gasteiger partial charge in [0.15, 0.2) is 0 Å². The molecular formula is C44H51F2N5O6. The van der Waals surface area contributed by atoms with Gasteiger partial charge in [-0.2, -0.15) is 0 Å². The van der Waals surface area contributed by atoms with E-state index in [0.717, 1.165) is 39.0 Å². The van der Waals surface area contributed by atoms with Gasteiger partial charge in [0.05, 0.1) is 24.1 Å². The van der Waals surface area contributed by atoms with Crippen molar-refractivity contribution >= 4 is 28.7 Å². The van der Waals surface area contributed by atoms with Gasteiger partial charge in [0.1, 0.15) is 23.2 Å². The van der Waals surface area contributed by atoms with Gasteiger partial charge in [0, 0.05) is 60.6 Å². The maximum Gasteiger partial charge on any atom is 0.324 e. The van der Waals surface area contributed by atoms with Gasteiger partial charge in [-0.15, -0.1) is 0 Å². The van der Waals surface area contributed by atoms with Crippen molar-refractivity contribution in [3.05, 3.63) is 71.5 Å². The Bertz CT molecular complexity index is 2250. The lowest BCUT2D eigenvalue weighted by molar-refractivity contribution is -0.155. The van der Waals surface area contributed by atoms with Gasteiger partial charge in [-0.1, -0.05) is 32.4 Å². The van der Waals surface area contributed by atoms with Crippen molar-refractivity contribution in [2.75, 3.05) is 20.3 Å². The lowest BCUT2D eigenvalue weighted by Crippen LogP contribution is -2.61. The van der Waals surface area contributed by atoms with Crippen LogP contribution in [0.3, 0.4) is 0 Å². The summed E-state index contributed by atoms with van der Waals surface area (Å²) in [6, 6.07) is 13.1. The van der Waals surface area contributed by atoms with E-state index in [1.807, 2.05) is 25.1 Å². The summed E-state index contributed by atoms with van der Waals surface area (Å²) in [5.74, 6) is -6.12. The number of alkyl halides is 2. The van der Waals surface area contributed by atoms with Crippen molar-refractivity contribution in [2.45, 2.75) is 103 Å². The van der Waals surface area contributed by atoms with E-state index in [1.54, 1.807) is 19.4 Å². The highest BCUT2D eigenvalue weighted by atomic mass is 19.3. The Morgan fingerprint density at radius 3 is 2.67 bits per heavy atom. The Morgan fingerprint density at radius 1 is 1.12 bits per heavy atom. The van der Waals surface area contributed by atoms with Crippen molar-refractivity contribution in [3.8, 4) is 28.1 Å². The molecule has 2 aliphatic carbocycles. The molecule has 11 nitrogen and oxygen atoms in total. The topological polar surface area (TPSA) is 135 Å².